The molecule has 0 amide bonds. The van der Waals surface area contributed by atoms with Crippen molar-refractivity contribution in [2.45, 2.75) is 6.42 Å². The number of H-pyrrole nitrogens is 1. The van der Waals surface area contributed by atoms with Gasteiger partial charge in [-0.15, -0.1) is 0 Å². The highest BCUT2D eigenvalue weighted by Gasteiger charge is 2.04. The Morgan fingerprint density at radius 2 is 2.21 bits per heavy atom. The van der Waals surface area contributed by atoms with Crippen LogP contribution in [0.5, 0.6) is 0 Å². The van der Waals surface area contributed by atoms with Crippen LogP contribution < -0.4 is 0 Å². The lowest BCUT2D eigenvalue weighted by Crippen LogP contribution is -2.03. The summed E-state index contributed by atoms with van der Waals surface area (Å²) in [6.45, 7) is -0.00963. The molecule has 0 radical (unpaired) electrons. The van der Waals surface area contributed by atoms with E-state index in [1.807, 2.05) is 30.5 Å². The Morgan fingerprint density at radius 3 is 3.00 bits per heavy atom. The van der Waals surface area contributed by atoms with E-state index in [-0.39, 0.29) is 11.5 Å². The number of nitrogens with zero attached hydrogens (tertiary/aromatic N) is 1. The second kappa shape index (κ2) is 3.49. The molecule has 0 aliphatic heterocycles. The third kappa shape index (κ3) is 1.59. The second-order valence-corrected chi connectivity index (χ2v) is 3.16. The Bertz CT molecular complexity index is 462. The predicted octanol–water partition coefficient (Wildman–Crippen LogP) is 1.99. The first-order chi connectivity index (χ1) is 6.77. The molecule has 0 saturated heterocycles. The summed E-state index contributed by atoms with van der Waals surface area (Å²) < 4.78 is 0. The number of nitrogens with one attached hydrogen (secondary N) is 1. The molecule has 0 saturated carbocycles. The predicted molar refractivity (Wildman–Crippen MR) is 53.9 cm³/mol. The van der Waals surface area contributed by atoms with E-state index in [4.69, 9.17) is 0 Å². The number of rotatable bonds is 3. The molecule has 1 N–H and O–H groups in total. The van der Waals surface area contributed by atoms with Crippen molar-refractivity contribution in [2.24, 2.45) is 0 Å². The number of aromatic amines is 1. The van der Waals surface area contributed by atoms with Gasteiger partial charge in [0.1, 0.15) is 0 Å². The van der Waals surface area contributed by atoms with Gasteiger partial charge in [0.25, 0.3) is 0 Å². The molecule has 72 valence electrons. The highest BCUT2D eigenvalue weighted by Crippen LogP contribution is 2.17. The second-order valence-electron chi connectivity index (χ2n) is 3.16. The molecule has 14 heavy (non-hydrogen) atoms. The van der Waals surface area contributed by atoms with Gasteiger partial charge in [-0.05, 0) is 17.7 Å². The lowest BCUT2D eigenvalue weighted by Gasteiger charge is -1.99. The fraction of sp³-hybridized carbons (Fsp3) is 0.200. The van der Waals surface area contributed by atoms with E-state index >= 15 is 0 Å². The lowest BCUT2D eigenvalue weighted by atomic mass is 10.1. The first kappa shape index (κ1) is 8.74. The van der Waals surface area contributed by atoms with E-state index in [1.54, 1.807) is 0 Å². The van der Waals surface area contributed by atoms with Gasteiger partial charge in [-0.3, -0.25) is 10.1 Å². The zero-order chi connectivity index (χ0) is 9.97. The first-order valence-electron chi connectivity index (χ1n) is 4.44. The maximum absolute atomic E-state index is 10.2. The summed E-state index contributed by atoms with van der Waals surface area (Å²) in [4.78, 5) is 13.0. The highest BCUT2D eigenvalue weighted by atomic mass is 16.6. The molecule has 1 heterocycles. The Morgan fingerprint density at radius 1 is 1.36 bits per heavy atom. The van der Waals surface area contributed by atoms with E-state index in [9.17, 15) is 10.1 Å². The molecule has 4 heteroatoms. The number of hydrogen-bond acceptors (Lipinski definition) is 2. The molecular formula is C10H10N2O2. The molecule has 0 aliphatic carbocycles. The van der Waals surface area contributed by atoms with E-state index in [0.717, 1.165) is 16.5 Å². The minimum absolute atomic E-state index is 0.00963. The van der Waals surface area contributed by atoms with Crippen LogP contribution in [-0.4, -0.2) is 16.5 Å². The van der Waals surface area contributed by atoms with Gasteiger partial charge < -0.3 is 4.98 Å². The SMILES string of the molecule is O=[N+]([O-])CCc1cccc2[nH]ccc12. The van der Waals surface area contributed by atoms with E-state index in [2.05, 4.69) is 4.98 Å². The standard InChI is InChI=1S/C10H10N2O2/c13-12(14)7-5-8-2-1-3-10-9(8)4-6-11-10/h1-4,6,11H,5,7H2. The fourth-order valence-electron chi connectivity index (χ4n) is 1.58. The summed E-state index contributed by atoms with van der Waals surface area (Å²) in [5.74, 6) is 0. The summed E-state index contributed by atoms with van der Waals surface area (Å²) in [5.41, 5.74) is 2.06. The number of benzene rings is 1. The topological polar surface area (TPSA) is 58.9 Å². The molecule has 0 aliphatic rings. The molecule has 4 nitrogen and oxygen atoms in total. The van der Waals surface area contributed by atoms with Gasteiger partial charge in [0.2, 0.25) is 6.54 Å². The van der Waals surface area contributed by atoms with Gasteiger partial charge in [-0.2, -0.15) is 0 Å². The van der Waals surface area contributed by atoms with Crippen LogP contribution in [-0.2, 0) is 6.42 Å². The monoisotopic (exact) mass is 190 g/mol. The first-order valence-corrected chi connectivity index (χ1v) is 4.44. The molecule has 2 rings (SSSR count). The van der Waals surface area contributed by atoms with Gasteiger partial charge >= 0.3 is 0 Å². The normalized spacial score (nSPS) is 10.6. The zero-order valence-electron chi connectivity index (χ0n) is 7.56. The molecule has 0 bridgehead atoms. The van der Waals surface area contributed by atoms with Crippen LogP contribution in [0.15, 0.2) is 30.5 Å². The summed E-state index contributed by atoms with van der Waals surface area (Å²) >= 11 is 0. The van der Waals surface area contributed by atoms with Gasteiger partial charge in [0, 0.05) is 28.4 Å². The number of nitro groups is 1. The fourth-order valence-corrected chi connectivity index (χ4v) is 1.58. The minimum Gasteiger partial charge on any atom is -0.361 e. The summed E-state index contributed by atoms with van der Waals surface area (Å²) in [5, 5.41) is 11.3. The van der Waals surface area contributed by atoms with Crippen molar-refractivity contribution in [1.29, 1.82) is 0 Å². The van der Waals surface area contributed by atoms with Crippen LogP contribution in [0, 0.1) is 10.1 Å². The maximum atomic E-state index is 10.2. The molecule has 0 atom stereocenters. The summed E-state index contributed by atoms with van der Waals surface area (Å²) in [6.07, 6.45) is 2.34. The smallest absolute Gasteiger partial charge is 0.207 e. The Balaban J connectivity index is 2.32. The van der Waals surface area contributed by atoms with E-state index in [0.29, 0.717) is 6.42 Å². The number of hydrogen-bond donors (Lipinski definition) is 1. The molecule has 1 aromatic carbocycles. The molecule has 0 fully saturated rings. The van der Waals surface area contributed by atoms with Gasteiger partial charge in [-0.25, -0.2) is 0 Å². The third-order valence-corrected chi connectivity index (χ3v) is 2.25. The van der Waals surface area contributed by atoms with Crippen molar-refractivity contribution >= 4 is 10.9 Å². The third-order valence-electron chi connectivity index (χ3n) is 2.25. The average Bonchev–Trinajstić information content (AvgIpc) is 2.62. The Hall–Kier alpha value is -1.84. The number of aromatic nitrogens is 1. The van der Waals surface area contributed by atoms with Gasteiger partial charge in [0.05, 0.1) is 0 Å². The molecule has 1 aromatic heterocycles. The maximum Gasteiger partial charge on any atom is 0.207 e. The van der Waals surface area contributed by atoms with Crippen molar-refractivity contribution < 1.29 is 4.92 Å². The van der Waals surface area contributed by atoms with Crippen molar-refractivity contribution in [1.82, 2.24) is 4.98 Å². The van der Waals surface area contributed by atoms with Crippen molar-refractivity contribution in [2.75, 3.05) is 6.54 Å². The van der Waals surface area contributed by atoms with Crippen LogP contribution in [0.3, 0.4) is 0 Å². The average molecular weight is 190 g/mol. The quantitative estimate of drug-likeness (QED) is 0.594. The minimum atomic E-state index is -0.286. The Labute approximate surface area is 80.7 Å². The van der Waals surface area contributed by atoms with Gasteiger partial charge in [-0.1, -0.05) is 12.1 Å². The van der Waals surface area contributed by atoms with Gasteiger partial charge in [0.15, 0.2) is 0 Å². The van der Waals surface area contributed by atoms with Crippen LogP contribution in [0.25, 0.3) is 10.9 Å². The van der Waals surface area contributed by atoms with Crippen molar-refractivity contribution in [3.05, 3.63) is 46.1 Å². The van der Waals surface area contributed by atoms with Crippen molar-refractivity contribution in [3.63, 3.8) is 0 Å². The van der Waals surface area contributed by atoms with Crippen LogP contribution >= 0.6 is 0 Å². The summed E-state index contributed by atoms with van der Waals surface area (Å²) in [6, 6.07) is 7.75. The van der Waals surface area contributed by atoms with Crippen LogP contribution in [0.2, 0.25) is 0 Å². The largest absolute Gasteiger partial charge is 0.361 e. The molecular weight excluding hydrogens is 180 g/mol. The summed E-state index contributed by atoms with van der Waals surface area (Å²) in [7, 11) is 0. The highest BCUT2D eigenvalue weighted by molar-refractivity contribution is 5.82. The van der Waals surface area contributed by atoms with Crippen LogP contribution in [0.4, 0.5) is 0 Å². The molecule has 0 spiro atoms. The van der Waals surface area contributed by atoms with E-state index in [1.165, 1.54) is 0 Å². The Kier molecular flexibility index (Phi) is 2.18. The molecule has 2 aromatic rings. The lowest BCUT2D eigenvalue weighted by molar-refractivity contribution is -0.479. The molecule has 0 unspecified atom stereocenters. The van der Waals surface area contributed by atoms with Crippen LogP contribution in [0.1, 0.15) is 5.56 Å². The van der Waals surface area contributed by atoms with Crippen molar-refractivity contribution in [3.8, 4) is 0 Å². The van der Waals surface area contributed by atoms with E-state index < -0.39 is 0 Å². The zero-order valence-corrected chi connectivity index (χ0v) is 7.56. The number of fused-ring (bicyclic) bond motifs is 1.